The van der Waals surface area contributed by atoms with Gasteiger partial charge < -0.3 is 9.84 Å². The van der Waals surface area contributed by atoms with E-state index in [1.165, 1.54) is 12.2 Å². The molecular formula is C11H18N4O2. The van der Waals surface area contributed by atoms with Crippen LogP contribution in [0.5, 0.6) is 11.5 Å². The normalized spacial score (nSPS) is 17.6. The quantitative estimate of drug-likeness (QED) is 0.829. The van der Waals surface area contributed by atoms with Crippen LogP contribution >= 0.6 is 0 Å². The van der Waals surface area contributed by atoms with E-state index in [-0.39, 0.29) is 11.9 Å². The van der Waals surface area contributed by atoms with Gasteiger partial charge in [0.1, 0.15) is 0 Å². The fraction of sp³-hybridized carbons (Fsp3) is 0.455. The molecule has 94 valence electrons. The lowest BCUT2D eigenvalue weighted by Gasteiger charge is -2.11. The second-order valence-electron chi connectivity index (χ2n) is 3.19. The van der Waals surface area contributed by atoms with E-state index >= 15 is 0 Å². The van der Waals surface area contributed by atoms with E-state index in [9.17, 15) is 5.11 Å². The third-order valence-electron chi connectivity index (χ3n) is 2.13. The molecule has 0 aromatic heterocycles. The largest absolute Gasteiger partial charge is 0.504 e. The second kappa shape index (κ2) is 6.05. The van der Waals surface area contributed by atoms with Gasteiger partial charge >= 0.3 is 0 Å². The number of ether oxygens (including phenoxy) is 1. The average molecular weight is 238 g/mol. The predicted octanol–water partition coefficient (Wildman–Crippen LogP) is 2.24. The molecule has 0 spiro atoms. The fourth-order valence-corrected chi connectivity index (χ4v) is 1.36. The van der Waals surface area contributed by atoms with Crippen LogP contribution < -0.4 is 10.2 Å². The van der Waals surface area contributed by atoms with E-state index in [0.717, 1.165) is 5.56 Å². The van der Waals surface area contributed by atoms with Crippen LogP contribution in [-0.4, -0.2) is 24.4 Å². The van der Waals surface area contributed by atoms with Crippen LogP contribution in [0.25, 0.3) is 0 Å². The Kier molecular flexibility index (Phi) is 4.71. The zero-order valence-electron chi connectivity index (χ0n) is 10.5. The average Bonchev–Trinajstić information content (AvgIpc) is 2.79. The van der Waals surface area contributed by atoms with E-state index < -0.39 is 0 Å². The highest BCUT2D eigenvalue weighted by Crippen LogP contribution is 2.30. The number of hydrogen-bond donors (Lipinski definition) is 2. The number of benzene rings is 1. The number of rotatable bonds is 2. The number of hydrazine groups is 1. The van der Waals surface area contributed by atoms with Crippen LogP contribution in [0.3, 0.4) is 0 Å². The summed E-state index contributed by atoms with van der Waals surface area (Å²) in [5.74, 6) is 0.545. The summed E-state index contributed by atoms with van der Waals surface area (Å²) in [6, 6.07) is 5.07. The van der Waals surface area contributed by atoms with Crippen molar-refractivity contribution in [1.29, 1.82) is 0 Å². The summed E-state index contributed by atoms with van der Waals surface area (Å²) in [6.07, 6.45) is -0.218. The van der Waals surface area contributed by atoms with E-state index in [4.69, 9.17) is 4.74 Å². The van der Waals surface area contributed by atoms with Crippen LogP contribution in [0.2, 0.25) is 0 Å². The Balaban J connectivity index is 0.000000686. The van der Waals surface area contributed by atoms with Gasteiger partial charge in [-0.1, -0.05) is 25.1 Å². The van der Waals surface area contributed by atoms with Crippen molar-refractivity contribution in [1.82, 2.24) is 10.5 Å². The number of phenolic OH excluding ortho intramolecular Hbond substituents is 1. The summed E-state index contributed by atoms with van der Waals surface area (Å²) >= 11 is 0. The van der Waals surface area contributed by atoms with Gasteiger partial charge in [0.25, 0.3) is 0 Å². The molecule has 2 rings (SSSR count). The molecule has 1 atom stereocenters. The van der Waals surface area contributed by atoms with Crippen LogP contribution in [0.4, 0.5) is 0 Å². The molecule has 0 amide bonds. The third kappa shape index (κ3) is 3.07. The number of aromatic hydroxyl groups is 1. The second-order valence-corrected chi connectivity index (χ2v) is 3.19. The number of hydrogen-bond acceptors (Lipinski definition) is 6. The lowest BCUT2D eigenvalue weighted by molar-refractivity contribution is 0.262. The Morgan fingerprint density at radius 3 is 2.65 bits per heavy atom. The van der Waals surface area contributed by atoms with Crippen molar-refractivity contribution in [2.24, 2.45) is 10.3 Å². The number of phenols is 1. The smallest absolute Gasteiger partial charge is 0.166 e. The van der Waals surface area contributed by atoms with Crippen molar-refractivity contribution in [2.75, 3.05) is 14.2 Å². The summed E-state index contributed by atoms with van der Waals surface area (Å²) in [5.41, 5.74) is 3.89. The van der Waals surface area contributed by atoms with Gasteiger partial charge in [0, 0.05) is 7.05 Å². The molecule has 17 heavy (non-hydrogen) atoms. The molecule has 0 aliphatic carbocycles. The summed E-state index contributed by atoms with van der Waals surface area (Å²) in [7, 11) is 3.27. The number of nitrogens with zero attached hydrogens (tertiary/aromatic N) is 3. The maximum absolute atomic E-state index is 9.42. The maximum atomic E-state index is 9.42. The minimum atomic E-state index is -0.218. The first kappa shape index (κ1) is 13.2. The molecule has 0 saturated carbocycles. The van der Waals surface area contributed by atoms with E-state index in [0.29, 0.717) is 5.75 Å². The Labute approximate surface area is 101 Å². The summed E-state index contributed by atoms with van der Waals surface area (Å²) in [4.78, 5) is 0. The van der Waals surface area contributed by atoms with Crippen molar-refractivity contribution in [3.05, 3.63) is 23.8 Å². The molecule has 6 heteroatoms. The Morgan fingerprint density at radius 1 is 1.41 bits per heavy atom. The first-order chi connectivity index (χ1) is 8.20. The lowest BCUT2D eigenvalue weighted by Crippen LogP contribution is -2.26. The number of methoxy groups -OCH3 is 1. The molecule has 0 saturated heterocycles. The van der Waals surface area contributed by atoms with Gasteiger partial charge in [0.15, 0.2) is 17.7 Å². The monoisotopic (exact) mass is 238 g/mol. The van der Waals surface area contributed by atoms with Gasteiger partial charge in [0.2, 0.25) is 0 Å². The molecule has 1 aliphatic heterocycles. The van der Waals surface area contributed by atoms with Gasteiger partial charge in [-0.3, -0.25) is 0 Å². The van der Waals surface area contributed by atoms with Crippen LogP contribution in [-0.2, 0) is 0 Å². The molecule has 1 aromatic rings. The molecule has 0 radical (unpaired) electrons. The first-order valence-corrected chi connectivity index (χ1v) is 5.48. The molecule has 1 unspecified atom stereocenters. The summed E-state index contributed by atoms with van der Waals surface area (Å²) < 4.78 is 5.01. The SMILES string of the molecule is CC.COc1cc(C2N=NN(C)N2)ccc1O. The molecule has 2 N–H and O–H groups in total. The van der Waals surface area contributed by atoms with Gasteiger partial charge in [-0.15, -0.1) is 5.11 Å². The lowest BCUT2D eigenvalue weighted by atomic mass is 10.1. The van der Waals surface area contributed by atoms with Crippen LogP contribution in [0.15, 0.2) is 28.5 Å². The minimum Gasteiger partial charge on any atom is -0.504 e. The van der Waals surface area contributed by atoms with Crippen molar-refractivity contribution >= 4 is 0 Å². The maximum Gasteiger partial charge on any atom is 0.166 e. The third-order valence-corrected chi connectivity index (χ3v) is 2.13. The van der Waals surface area contributed by atoms with Gasteiger partial charge in [0.05, 0.1) is 7.11 Å². The summed E-state index contributed by atoms with van der Waals surface area (Å²) in [6.45, 7) is 4.00. The number of nitrogens with one attached hydrogen (secondary N) is 1. The molecule has 6 nitrogen and oxygen atoms in total. The Bertz CT molecular complexity index is 395. The highest BCUT2D eigenvalue weighted by Gasteiger charge is 2.18. The van der Waals surface area contributed by atoms with Crippen LogP contribution in [0.1, 0.15) is 25.6 Å². The van der Waals surface area contributed by atoms with Crippen molar-refractivity contribution < 1.29 is 9.84 Å². The van der Waals surface area contributed by atoms with Gasteiger partial charge in [-0.05, 0) is 17.7 Å². The van der Waals surface area contributed by atoms with Crippen LogP contribution in [0, 0.1) is 0 Å². The van der Waals surface area contributed by atoms with Crippen molar-refractivity contribution in [3.8, 4) is 11.5 Å². The molecule has 0 fully saturated rings. The van der Waals surface area contributed by atoms with Gasteiger partial charge in [-0.25, -0.2) is 5.12 Å². The molecule has 1 heterocycles. The van der Waals surface area contributed by atoms with E-state index in [2.05, 4.69) is 15.8 Å². The Hall–Kier alpha value is -1.82. The zero-order valence-corrected chi connectivity index (χ0v) is 10.5. The standard InChI is InChI=1S/C9H12N4O2.C2H6/c1-13-11-9(10-12-13)6-3-4-7(14)8(5-6)15-2;1-2/h3-5,9,11,14H,1-2H3;1-2H3. The fourth-order valence-electron chi connectivity index (χ4n) is 1.36. The van der Waals surface area contributed by atoms with Crippen molar-refractivity contribution in [3.63, 3.8) is 0 Å². The molecule has 1 aromatic carbocycles. The predicted molar refractivity (Wildman–Crippen MR) is 64.5 cm³/mol. The highest BCUT2D eigenvalue weighted by atomic mass is 16.5. The topological polar surface area (TPSA) is 69.5 Å². The zero-order chi connectivity index (χ0) is 12.8. The molecule has 1 aliphatic rings. The van der Waals surface area contributed by atoms with Crippen molar-refractivity contribution in [2.45, 2.75) is 20.0 Å². The van der Waals surface area contributed by atoms with E-state index in [1.54, 1.807) is 25.2 Å². The van der Waals surface area contributed by atoms with Gasteiger partial charge in [-0.2, -0.15) is 5.43 Å². The summed E-state index contributed by atoms with van der Waals surface area (Å²) in [5, 5.41) is 18.8. The molecular weight excluding hydrogens is 220 g/mol. The first-order valence-electron chi connectivity index (χ1n) is 5.48. The highest BCUT2D eigenvalue weighted by molar-refractivity contribution is 5.42. The van der Waals surface area contributed by atoms with E-state index in [1.807, 2.05) is 13.8 Å². The minimum absolute atomic E-state index is 0.115. The molecule has 0 bridgehead atoms. The Morgan fingerprint density at radius 2 is 2.12 bits per heavy atom.